The van der Waals surface area contributed by atoms with Gasteiger partial charge in [-0.15, -0.1) is 0 Å². The van der Waals surface area contributed by atoms with Crippen molar-refractivity contribution in [3.05, 3.63) is 29.8 Å². The molecule has 0 radical (unpaired) electrons. The van der Waals surface area contributed by atoms with Crippen molar-refractivity contribution in [3.63, 3.8) is 0 Å². The van der Waals surface area contributed by atoms with Gasteiger partial charge in [-0.3, -0.25) is 14.4 Å². The molecule has 1 rings (SSSR count). The average Bonchev–Trinajstić information content (AvgIpc) is 2.28. The van der Waals surface area contributed by atoms with Crippen molar-refractivity contribution in [1.82, 2.24) is 0 Å². The van der Waals surface area contributed by atoms with Gasteiger partial charge in [-0.1, -0.05) is 6.07 Å². The maximum Gasteiger partial charge on any atom is 0.315 e. The summed E-state index contributed by atoms with van der Waals surface area (Å²) in [5, 5.41) is 2.45. The van der Waals surface area contributed by atoms with Gasteiger partial charge in [-0.25, -0.2) is 0 Å². The highest BCUT2D eigenvalue weighted by Crippen LogP contribution is 2.10. The number of methoxy groups -OCH3 is 1. The second-order valence-corrected chi connectivity index (χ2v) is 3.25. The van der Waals surface area contributed by atoms with Gasteiger partial charge in [0.05, 0.1) is 7.11 Å². The van der Waals surface area contributed by atoms with E-state index in [0.29, 0.717) is 5.69 Å². The Balaban J connectivity index is 2.68. The summed E-state index contributed by atoms with van der Waals surface area (Å²) in [6, 6.07) is 6.12. The Bertz CT molecular complexity index is 457. The molecule has 0 saturated carbocycles. The number of esters is 1. The molecule has 6 heteroatoms. The minimum Gasteiger partial charge on any atom is -0.469 e. The van der Waals surface area contributed by atoms with Crippen LogP contribution in [-0.4, -0.2) is 24.9 Å². The minimum atomic E-state index is -0.631. The van der Waals surface area contributed by atoms with Gasteiger partial charge >= 0.3 is 5.97 Å². The lowest BCUT2D eigenvalue weighted by Gasteiger charge is -2.05. The van der Waals surface area contributed by atoms with Crippen molar-refractivity contribution in [1.29, 1.82) is 0 Å². The van der Waals surface area contributed by atoms with Crippen LogP contribution in [0.25, 0.3) is 0 Å². The number of primary amides is 1. The SMILES string of the molecule is COC(=O)CC(=O)Nc1cccc(C(N)=O)c1. The molecular weight excluding hydrogens is 224 g/mol. The molecule has 1 aromatic carbocycles. The number of nitrogens with two attached hydrogens (primary N) is 1. The third-order valence-corrected chi connectivity index (χ3v) is 1.96. The molecule has 0 fully saturated rings. The molecule has 0 heterocycles. The van der Waals surface area contributed by atoms with Gasteiger partial charge in [0.15, 0.2) is 0 Å². The van der Waals surface area contributed by atoms with E-state index in [1.807, 2.05) is 0 Å². The highest BCUT2D eigenvalue weighted by Gasteiger charge is 2.10. The Hall–Kier alpha value is -2.37. The smallest absolute Gasteiger partial charge is 0.315 e. The maximum absolute atomic E-state index is 11.3. The number of carbonyl (C=O) groups excluding carboxylic acids is 3. The maximum atomic E-state index is 11.3. The number of hydrogen-bond donors (Lipinski definition) is 2. The topological polar surface area (TPSA) is 98.5 Å². The second kappa shape index (κ2) is 5.64. The number of nitrogens with one attached hydrogen (secondary N) is 1. The van der Waals surface area contributed by atoms with Crippen molar-refractivity contribution in [2.45, 2.75) is 6.42 Å². The zero-order valence-corrected chi connectivity index (χ0v) is 9.23. The van der Waals surface area contributed by atoms with Crippen LogP contribution in [0.2, 0.25) is 0 Å². The van der Waals surface area contributed by atoms with E-state index in [9.17, 15) is 14.4 Å². The van der Waals surface area contributed by atoms with Crippen molar-refractivity contribution >= 4 is 23.5 Å². The van der Waals surface area contributed by atoms with Crippen molar-refractivity contribution in [2.24, 2.45) is 5.73 Å². The van der Waals surface area contributed by atoms with Crippen LogP contribution >= 0.6 is 0 Å². The van der Waals surface area contributed by atoms with E-state index in [-0.39, 0.29) is 12.0 Å². The van der Waals surface area contributed by atoms with Gasteiger partial charge < -0.3 is 15.8 Å². The zero-order valence-electron chi connectivity index (χ0n) is 9.23. The van der Waals surface area contributed by atoms with E-state index in [2.05, 4.69) is 10.1 Å². The predicted octanol–water partition coefficient (Wildman–Crippen LogP) is 0.287. The first-order chi connectivity index (χ1) is 8.02. The van der Waals surface area contributed by atoms with Crippen LogP contribution < -0.4 is 11.1 Å². The monoisotopic (exact) mass is 236 g/mol. The quantitative estimate of drug-likeness (QED) is 0.579. The summed E-state index contributed by atoms with van der Waals surface area (Å²) in [5.41, 5.74) is 5.77. The molecule has 0 aliphatic rings. The number of hydrogen-bond acceptors (Lipinski definition) is 4. The molecule has 0 aliphatic carbocycles. The lowest BCUT2D eigenvalue weighted by Crippen LogP contribution is -2.18. The van der Waals surface area contributed by atoms with E-state index < -0.39 is 17.8 Å². The van der Waals surface area contributed by atoms with E-state index in [1.54, 1.807) is 12.1 Å². The van der Waals surface area contributed by atoms with E-state index >= 15 is 0 Å². The van der Waals surface area contributed by atoms with E-state index in [1.165, 1.54) is 19.2 Å². The standard InChI is InChI=1S/C11H12N2O4/c1-17-10(15)6-9(14)13-8-4-2-3-7(5-8)11(12)16/h2-5H,6H2,1H3,(H2,12,16)(H,13,14). The van der Waals surface area contributed by atoms with Crippen molar-refractivity contribution in [2.75, 3.05) is 12.4 Å². The van der Waals surface area contributed by atoms with Gasteiger partial charge in [0.25, 0.3) is 0 Å². The molecule has 0 unspecified atom stereocenters. The van der Waals surface area contributed by atoms with Gasteiger partial charge in [-0.05, 0) is 18.2 Å². The summed E-state index contributed by atoms with van der Waals surface area (Å²) in [7, 11) is 1.20. The fourth-order valence-corrected chi connectivity index (χ4v) is 1.16. The van der Waals surface area contributed by atoms with Crippen LogP contribution in [0.4, 0.5) is 5.69 Å². The minimum absolute atomic E-state index is 0.279. The molecule has 0 aromatic heterocycles. The second-order valence-electron chi connectivity index (χ2n) is 3.25. The first-order valence-electron chi connectivity index (χ1n) is 4.79. The van der Waals surface area contributed by atoms with Crippen LogP contribution in [0.5, 0.6) is 0 Å². The lowest BCUT2D eigenvalue weighted by molar-refractivity contribution is -0.142. The fourth-order valence-electron chi connectivity index (χ4n) is 1.16. The molecule has 90 valence electrons. The first kappa shape index (κ1) is 12.7. The van der Waals surface area contributed by atoms with Gasteiger partial charge in [-0.2, -0.15) is 0 Å². The number of rotatable bonds is 4. The average molecular weight is 236 g/mol. The summed E-state index contributed by atoms with van der Waals surface area (Å²) in [5.74, 6) is -1.74. The van der Waals surface area contributed by atoms with Gasteiger partial charge in [0.2, 0.25) is 11.8 Å². The van der Waals surface area contributed by atoms with Crippen LogP contribution in [-0.2, 0) is 14.3 Å². The molecule has 0 atom stereocenters. The number of anilines is 1. The molecule has 0 saturated heterocycles. The van der Waals surface area contributed by atoms with Crippen LogP contribution in [0.15, 0.2) is 24.3 Å². The van der Waals surface area contributed by atoms with Crippen LogP contribution in [0, 0.1) is 0 Å². The Morgan fingerprint density at radius 3 is 2.65 bits per heavy atom. The number of carbonyl (C=O) groups is 3. The molecule has 1 aromatic rings. The summed E-state index contributed by atoms with van der Waals surface area (Å²) in [6.45, 7) is 0. The summed E-state index contributed by atoms with van der Waals surface area (Å²) >= 11 is 0. The Labute approximate surface area is 97.7 Å². The third-order valence-electron chi connectivity index (χ3n) is 1.96. The molecule has 0 bridgehead atoms. The summed E-state index contributed by atoms with van der Waals surface area (Å²) in [6.07, 6.45) is -0.378. The van der Waals surface area contributed by atoms with Crippen LogP contribution in [0.1, 0.15) is 16.8 Å². The summed E-state index contributed by atoms with van der Waals surface area (Å²) < 4.78 is 4.35. The predicted molar refractivity (Wildman–Crippen MR) is 60.2 cm³/mol. The van der Waals surface area contributed by atoms with E-state index in [4.69, 9.17) is 5.73 Å². The Morgan fingerprint density at radius 1 is 1.35 bits per heavy atom. The molecule has 0 aliphatic heterocycles. The molecular formula is C11H12N2O4. The summed E-state index contributed by atoms with van der Waals surface area (Å²) in [4.78, 5) is 33.1. The molecule has 17 heavy (non-hydrogen) atoms. The van der Waals surface area contributed by atoms with E-state index in [0.717, 1.165) is 0 Å². The number of ether oxygens (including phenoxy) is 1. The largest absolute Gasteiger partial charge is 0.469 e. The normalized spacial score (nSPS) is 9.47. The van der Waals surface area contributed by atoms with Crippen molar-refractivity contribution in [3.8, 4) is 0 Å². The zero-order chi connectivity index (χ0) is 12.8. The molecule has 0 spiro atoms. The Morgan fingerprint density at radius 2 is 2.06 bits per heavy atom. The van der Waals surface area contributed by atoms with Crippen molar-refractivity contribution < 1.29 is 19.1 Å². The first-order valence-corrected chi connectivity index (χ1v) is 4.79. The van der Waals surface area contributed by atoms with Gasteiger partial charge in [0, 0.05) is 11.3 Å². The molecule has 2 amide bonds. The third kappa shape index (κ3) is 3.94. The highest BCUT2D eigenvalue weighted by atomic mass is 16.5. The fraction of sp³-hybridized carbons (Fsp3) is 0.182. The number of benzene rings is 1. The molecule has 6 nitrogen and oxygen atoms in total. The Kier molecular flexibility index (Phi) is 4.21. The highest BCUT2D eigenvalue weighted by molar-refractivity contribution is 6.02. The van der Waals surface area contributed by atoms with Crippen LogP contribution in [0.3, 0.4) is 0 Å². The lowest BCUT2D eigenvalue weighted by atomic mass is 10.2. The van der Waals surface area contributed by atoms with Gasteiger partial charge in [0.1, 0.15) is 6.42 Å². The molecule has 3 N–H and O–H groups in total. The number of amides is 2.